The molecule has 1 rings (SSSR count). The number of aliphatic hydroxyl groups is 1. The molecule has 2 N–H and O–H groups in total. The molecule has 0 radical (unpaired) electrons. The second-order valence-corrected chi connectivity index (χ2v) is 4.78. The van der Waals surface area contributed by atoms with E-state index >= 15 is 0 Å². The van der Waals surface area contributed by atoms with Crippen molar-refractivity contribution in [2.45, 2.75) is 32.8 Å². The van der Waals surface area contributed by atoms with Crippen LogP contribution in [0.2, 0.25) is 0 Å². The van der Waals surface area contributed by atoms with Crippen LogP contribution in [0, 0.1) is 5.92 Å². The van der Waals surface area contributed by atoms with Crippen LogP contribution in [0.25, 0.3) is 0 Å². The first-order chi connectivity index (χ1) is 8.25. The minimum absolute atomic E-state index is 0.0101. The van der Waals surface area contributed by atoms with E-state index in [2.05, 4.69) is 0 Å². The maximum atomic E-state index is 11.4. The van der Waals surface area contributed by atoms with E-state index in [1.165, 1.54) is 6.08 Å². The lowest BCUT2D eigenvalue weighted by molar-refractivity contribution is -0.131. The maximum absolute atomic E-state index is 11.4. The molecule has 4 heteroatoms. The van der Waals surface area contributed by atoms with Crippen molar-refractivity contribution in [2.24, 2.45) is 5.92 Å². The normalized spacial score (nSPS) is 29.6. The molecule has 0 spiro atoms. The Bertz CT molecular complexity index is 456. The van der Waals surface area contributed by atoms with Crippen LogP contribution < -0.4 is 0 Å². The lowest BCUT2D eigenvalue weighted by atomic mass is 9.75. The minimum atomic E-state index is -1.18. The van der Waals surface area contributed by atoms with Crippen LogP contribution in [0.4, 0.5) is 0 Å². The Morgan fingerprint density at radius 2 is 2.17 bits per heavy atom. The van der Waals surface area contributed by atoms with E-state index in [1.54, 1.807) is 32.9 Å². The van der Waals surface area contributed by atoms with Gasteiger partial charge in [-0.1, -0.05) is 13.0 Å². The molecule has 0 aromatic heterocycles. The number of carbonyl (C=O) groups is 2. The predicted octanol–water partition coefficient (Wildman–Crippen LogP) is 1.86. The second-order valence-electron chi connectivity index (χ2n) is 4.78. The standard InChI is InChI=1S/C14H18O4/c1-9(6-13(16)17)4-5-14(18)10(2)7-12(15)8-11(14)3/h4-7,11,18H,8H2,1-3H3,(H,16,17)/b5-4+,9-6-/t11-,14-/m1/s1. The van der Waals surface area contributed by atoms with Crippen molar-refractivity contribution in [3.8, 4) is 0 Å². The summed E-state index contributed by atoms with van der Waals surface area (Å²) in [6, 6.07) is 0. The maximum Gasteiger partial charge on any atom is 0.328 e. The summed E-state index contributed by atoms with van der Waals surface area (Å²) in [4.78, 5) is 21.8. The largest absolute Gasteiger partial charge is 0.478 e. The first-order valence-electron chi connectivity index (χ1n) is 5.80. The van der Waals surface area contributed by atoms with E-state index in [-0.39, 0.29) is 11.7 Å². The van der Waals surface area contributed by atoms with E-state index in [9.17, 15) is 14.7 Å². The summed E-state index contributed by atoms with van der Waals surface area (Å²) in [5.41, 5.74) is -0.0555. The molecule has 0 aromatic carbocycles. The summed E-state index contributed by atoms with van der Waals surface area (Å²) < 4.78 is 0. The third kappa shape index (κ3) is 3.17. The topological polar surface area (TPSA) is 74.6 Å². The van der Waals surface area contributed by atoms with Crippen LogP contribution in [0.3, 0.4) is 0 Å². The molecule has 4 nitrogen and oxygen atoms in total. The number of hydrogen-bond acceptors (Lipinski definition) is 3. The molecule has 0 unspecified atom stereocenters. The van der Waals surface area contributed by atoms with Crippen LogP contribution in [-0.2, 0) is 9.59 Å². The average Bonchev–Trinajstić information content (AvgIpc) is 2.22. The lowest BCUT2D eigenvalue weighted by Gasteiger charge is -2.35. The fourth-order valence-corrected chi connectivity index (χ4v) is 2.06. The van der Waals surface area contributed by atoms with Gasteiger partial charge in [0, 0.05) is 12.5 Å². The Morgan fingerprint density at radius 3 is 2.67 bits per heavy atom. The summed E-state index contributed by atoms with van der Waals surface area (Å²) in [5, 5.41) is 19.1. The van der Waals surface area contributed by atoms with Gasteiger partial charge in [-0.3, -0.25) is 4.79 Å². The van der Waals surface area contributed by atoms with Crippen molar-refractivity contribution in [3.05, 3.63) is 35.5 Å². The summed E-state index contributed by atoms with van der Waals surface area (Å²) in [6.07, 6.45) is 5.93. The van der Waals surface area contributed by atoms with Crippen molar-refractivity contribution >= 4 is 11.8 Å². The first kappa shape index (κ1) is 14.4. The van der Waals surface area contributed by atoms with Crippen LogP contribution in [0.15, 0.2) is 35.5 Å². The number of ketones is 1. The van der Waals surface area contributed by atoms with Crippen LogP contribution in [0.1, 0.15) is 27.2 Å². The zero-order chi connectivity index (χ0) is 13.9. The van der Waals surface area contributed by atoms with E-state index in [4.69, 9.17) is 5.11 Å². The number of carboxylic acid groups (broad SMARTS) is 1. The Kier molecular flexibility index (Phi) is 4.24. The highest BCUT2D eigenvalue weighted by molar-refractivity contribution is 5.92. The van der Waals surface area contributed by atoms with Crippen molar-refractivity contribution in [3.63, 3.8) is 0 Å². The van der Waals surface area contributed by atoms with E-state index in [0.717, 1.165) is 6.08 Å². The number of hydrogen-bond donors (Lipinski definition) is 2. The number of carboxylic acids is 1. The van der Waals surface area contributed by atoms with Gasteiger partial charge in [-0.05, 0) is 43.1 Å². The number of allylic oxidation sites excluding steroid dienone is 3. The SMILES string of the molecule is CC1=CC(=O)C[C@@H](C)[C@@]1(O)/C=C/C(C)=C\C(=O)O. The van der Waals surface area contributed by atoms with Gasteiger partial charge in [-0.2, -0.15) is 0 Å². The molecule has 0 saturated carbocycles. The molecule has 0 amide bonds. The summed E-state index contributed by atoms with van der Waals surface area (Å²) in [7, 11) is 0. The number of carbonyl (C=O) groups excluding carboxylic acids is 1. The first-order valence-corrected chi connectivity index (χ1v) is 5.80. The lowest BCUT2D eigenvalue weighted by Crippen LogP contribution is -2.40. The molecule has 1 aliphatic rings. The highest BCUT2D eigenvalue weighted by Gasteiger charge is 2.37. The highest BCUT2D eigenvalue weighted by Crippen LogP contribution is 2.34. The van der Waals surface area contributed by atoms with Gasteiger partial charge in [0.25, 0.3) is 0 Å². The quantitative estimate of drug-likeness (QED) is 0.592. The molecule has 0 fully saturated rings. The Labute approximate surface area is 106 Å². The van der Waals surface area contributed by atoms with Gasteiger partial charge in [0.1, 0.15) is 5.60 Å². The van der Waals surface area contributed by atoms with Gasteiger partial charge in [0.2, 0.25) is 0 Å². The zero-order valence-corrected chi connectivity index (χ0v) is 10.8. The Hall–Kier alpha value is -1.68. The molecule has 0 bridgehead atoms. The van der Waals surface area contributed by atoms with Crippen molar-refractivity contribution in [1.82, 2.24) is 0 Å². The molecule has 18 heavy (non-hydrogen) atoms. The summed E-state index contributed by atoms with van der Waals surface area (Å²) in [6.45, 7) is 5.15. The fraction of sp³-hybridized carbons (Fsp3) is 0.429. The predicted molar refractivity (Wildman–Crippen MR) is 68.0 cm³/mol. The van der Waals surface area contributed by atoms with E-state index in [1.807, 2.05) is 0 Å². The van der Waals surface area contributed by atoms with Gasteiger partial charge in [0.15, 0.2) is 5.78 Å². The number of rotatable bonds is 3. The van der Waals surface area contributed by atoms with Crippen LogP contribution in [-0.4, -0.2) is 27.6 Å². The summed E-state index contributed by atoms with van der Waals surface area (Å²) >= 11 is 0. The molecule has 0 aliphatic heterocycles. The molecular formula is C14H18O4. The van der Waals surface area contributed by atoms with Gasteiger partial charge < -0.3 is 10.2 Å². The van der Waals surface area contributed by atoms with E-state index < -0.39 is 11.6 Å². The van der Waals surface area contributed by atoms with Gasteiger partial charge in [-0.15, -0.1) is 0 Å². The smallest absolute Gasteiger partial charge is 0.328 e. The summed E-state index contributed by atoms with van der Waals surface area (Å²) in [5.74, 6) is -1.23. The monoisotopic (exact) mass is 250 g/mol. The minimum Gasteiger partial charge on any atom is -0.478 e. The zero-order valence-electron chi connectivity index (χ0n) is 10.8. The van der Waals surface area contributed by atoms with Crippen LogP contribution in [0.5, 0.6) is 0 Å². The van der Waals surface area contributed by atoms with Gasteiger partial charge >= 0.3 is 5.97 Å². The van der Waals surface area contributed by atoms with Gasteiger partial charge in [-0.25, -0.2) is 4.79 Å². The number of aliphatic carboxylic acids is 1. The third-order valence-corrected chi connectivity index (χ3v) is 3.22. The van der Waals surface area contributed by atoms with Crippen molar-refractivity contribution < 1.29 is 19.8 Å². The van der Waals surface area contributed by atoms with Crippen molar-refractivity contribution in [2.75, 3.05) is 0 Å². The van der Waals surface area contributed by atoms with Crippen molar-refractivity contribution in [1.29, 1.82) is 0 Å². The molecule has 2 atom stereocenters. The molecule has 0 saturated heterocycles. The molecule has 1 aliphatic carbocycles. The average molecular weight is 250 g/mol. The molecule has 0 aromatic rings. The molecular weight excluding hydrogens is 232 g/mol. The Morgan fingerprint density at radius 1 is 1.56 bits per heavy atom. The van der Waals surface area contributed by atoms with Gasteiger partial charge in [0.05, 0.1) is 0 Å². The van der Waals surface area contributed by atoms with Crippen LogP contribution >= 0.6 is 0 Å². The fourth-order valence-electron chi connectivity index (χ4n) is 2.06. The second kappa shape index (κ2) is 5.31. The molecule has 98 valence electrons. The van der Waals surface area contributed by atoms with E-state index in [0.29, 0.717) is 17.6 Å². The highest BCUT2D eigenvalue weighted by atomic mass is 16.4. The molecule has 0 heterocycles. The Balaban J connectivity index is 3.00. The third-order valence-electron chi connectivity index (χ3n) is 3.22.